The van der Waals surface area contributed by atoms with Crippen LogP contribution in [-0.2, 0) is 11.2 Å². The Kier molecular flexibility index (Phi) is 5.57. The SMILES string of the molecule is CCc1ccc2nc(N3C(=O)C(O)=C(C(=O)c4ccco4)[C@@H]3c3ccc(C(C)C)cc3)sc2c1. The molecule has 34 heavy (non-hydrogen) atoms. The molecule has 0 spiro atoms. The van der Waals surface area contributed by atoms with Crippen molar-refractivity contribution in [2.75, 3.05) is 4.90 Å². The van der Waals surface area contributed by atoms with Gasteiger partial charge in [0.25, 0.3) is 5.91 Å². The molecule has 0 saturated heterocycles. The van der Waals surface area contributed by atoms with E-state index in [0.29, 0.717) is 16.6 Å². The van der Waals surface area contributed by atoms with E-state index in [-0.39, 0.29) is 11.3 Å². The lowest BCUT2D eigenvalue weighted by atomic mass is 9.93. The number of nitrogens with zero attached hydrogens (tertiary/aromatic N) is 2. The first kappa shape index (κ1) is 22.1. The Bertz CT molecular complexity index is 1410. The molecule has 1 atom stereocenters. The topological polar surface area (TPSA) is 83.6 Å². The van der Waals surface area contributed by atoms with Crippen LogP contribution in [0, 0.1) is 0 Å². The first-order valence-corrected chi connectivity index (χ1v) is 12.0. The summed E-state index contributed by atoms with van der Waals surface area (Å²) in [5, 5.41) is 11.3. The van der Waals surface area contributed by atoms with Gasteiger partial charge in [0, 0.05) is 0 Å². The third-order valence-electron chi connectivity index (χ3n) is 6.17. The molecule has 3 heterocycles. The van der Waals surface area contributed by atoms with E-state index in [0.717, 1.165) is 22.2 Å². The predicted molar refractivity (Wildman–Crippen MR) is 132 cm³/mol. The summed E-state index contributed by atoms with van der Waals surface area (Å²) in [7, 11) is 0. The number of aliphatic hydroxyl groups excluding tert-OH is 1. The van der Waals surface area contributed by atoms with Crippen molar-refractivity contribution in [1.29, 1.82) is 0 Å². The van der Waals surface area contributed by atoms with Gasteiger partial charge in [-0.2, -0.15) is 0 Å². The fourth-order valence-corrected chi connectivity index (χ4v) is 5.29. The lowest BCUT2D eigenvalue weighted by Crippen LogP contribution is -2.31. The minimum Gasteiger partial charge on any atom is -0.503 e. The van der Waals surface area contributed by atoms with E-state index in [1.54, 1.807) is 6.07 Å². The average Bonchev–Trinajstić information content (AvgIpc) is 3.57. The van der Waals surface area contributed by atoms with Crippen LogP contribution in [0.15, 0.2) is 76.6 Å². The summed E-state index contributed by atoms with van der Waals surface area (Å²) in [4.78, 5) is 32.8. The molecule has 0 unspecified atom stereocenters. The van der Waals surface area contributed by atoms with Gasteiger partial charge < -0.3 is 9.52 Å². The van der Waals surface area contributed by atoms with Crippen LogP contribution < -0.4 is 4.90 Å². The molecule has 6 nitrogen and oxygen atoms in total. The number of carbonyl (C=O) groups is 2. The van der Waals surface area contributed by atoms with Gasteiger partial charge in [-0.25, -0.2) is 4.98 Å². The molecule has 2 aromatic heterocycles. The van der Waals surface area contributed by atoms with Crippen LogP contribution in [-0.4, -0.2) is 21.8 Å². The Hall–Kier alpha value is -3.71. The molecule has 0 saturated carbocycles. The van der Waals surface area contributed by atoms with Gasteiger partial charge in [0.15, 0.2) is 16.7 Å². The number of thiazole rings is 1. The van der Waals surface area contributed by atoms with E-state index in [9.17, 15) is 14.7 Å². The van der Waals surface area contributed by atoms with Crippen LogP contribution in [0.3, 0.4) is 0 Å². The van der Waals surface area contributed by atoms with E-state index in [4.69, 9.17) is 4.42 Å². The van der Waals surface area contributed by atoms with Gasteiger partial charge in [0.2, 0.25) is 5.78 Å². The largest absolute Gasteiger partial charge is 0.503 e. The van der Waals surface area contributed by atoms with E-state index >= 15 is 0 Å². The van der Waals surface area contributed by atoms with E-state index in [1.165, 1.54) is 34.1 Å². The highest BCUT2D eigenvalue weighted by Crippen LogP contribution is 2.44. The van der Waals surface area contributed by atoms with Gasteiger partial charge in [-0.15, -0.1) is 0 Å². The van der Waals surface area contributed by atoms with Crippen LogP contribution in [0.1, 0.15) is 60.0 Å². The van der Waals surface area contributed by atoms with Crippen molar-refractivity contribution in [2.24, 2.45) is 0 Å². The van der Waals surface area contributed by atoms with Crippen LogP contribution >= 0.6 is 11.3 Å². The van der Waals surface area contributed by atoms with Crippen LogP contribution in [0.2, 0.25) is 0 Å². The highest BCUT2D eigenvalue weighted by atomic mass is 32.1. The van der Waals surface area contributed by atoms with Crippen LogP contribution in [0.4, 0.5) is 5.13 Å². The van der Waals surface area contributed by atoms with Gasteiger partial charge in [0.05, 0.1) is 28.1 Å². The molecule has 1 N–H and O–H groups in total. The molecule has 1 amide bonds. The highest BCUT2D eigenvalue weighted by molar-refractivity contribution is 7.22. The zero-order valence-electron chi connectivity index (χ0n) is 19.1. The fraction of sp³-hybridized carbons (Fsp3) is 0.222. The number of carbonyl (C=O) groups excluding carboxylic acids is 2. The second kappa shape index (κ2) is 8.57. The normalized spacial score (nSPS) is 16.3. The molecular weight excluding hydrogens is 448 g/mol. The van der Waals surface area contributed by atoms with Crippen molar-refractivity contribution in [3.05, 3.63) is 94.6 Å². The number of aliphatic hydroxyl groups is 1. The molecule has 5 rings (SSSR count). The molecule has 172 valence electrons. The summed E-state index contributed by atoms with van der Waals surface area (Å²) >= 11 is 1.37. The fourth-order valence-electron chi connectivity index (χ4n) is 4.23. The summed E-state index contributed by atoms with van der Waals surface area (Å²) in [6.45, 7) is 6.28. The monoisotopic (exact) mass is 472 g/mol. The Balaban J connectivity index is 1.66. The number of furan rings is 1. The molecule has 0 bridgehead atoms. The number of hydrogen-bond acceptors (Lipinski definition) is 6. The minimum absolute atomic E-state index is 0.00856. The maximum absolute atomic E-state index is 13.4. The number of ketones is 1. The molecule has 0 aliphatic carbocycles. The predicted octanol–water partition coefficient (Wildman–Crippen LogP) is 6.36. The maximum atomic E-state index is 13.4. The maximum Gasteiger partial charge on any atom is 0.296 e. The third kappa shape index (κ3) is 3.62. The number of anilines is 1. The zero-order valence-corrected chi connectivity index (χ0v) is 19.9. The van der Waals surface area contributed by atoms with Crippen molar-refractivity contribution in [2.45, 2.75) is 39.2 Å². The van der Waals surface area contributed by atoms with Crippen molar-refractivity contribution in [3.8, 4) is 0 Å². The van der Waals surface area contributed by atoms with Gasteiger partial charge in [-0.05, 0) is 53.3 Å². The zero-order chi connectivity index (χ0) is 24.0. The Morgan fingerprint density at radius 3 is 2.59 bits per heavy atom. The average molecular weight is 473 g/mol. The number of aromatic nitrogens is 1. The van der Waals surface area contributed by atoms with E-state index in [2.05, 4.69) is 31.8 Å². The van der Waals surface area contributed by atoms with E-state index < -0.39 is 23.5 Å². The molecular formula is C27H24N2O4S. The van der Waals surface area contributed by atoms with Crippen LogP contribution in [0.25, 0.3) is 10.2 Å². The first-order chi connectivity index (χ1) is 16.4. The summed E-state index contributed by atoms with van der Waals surface area (Å²) in [5.74, 6) is -1.35. The molecule has 0 radical (unpaired) electrons. The molecule has 0 fully saturated rings. The van der Waals surface area contributed by atoms with Crippen molar-refractivity contribution >= 4 is 38.4 Å². The van der Waals surface area contributed by atoms with Gasteiger partial charge in [-0.1, -0.05) is 62.4 Å². The summed E-state index contributed by atoms with van der Waals surface area (Å²) < 4.78 is 6.25. The van der Waals surface area contributed by atoms with Crippen molar-refractivity contribution < 1.29 is 19.1 Å². The Morgan fingerprint density at radius 1 is 1.18 bits per heavy atom. The second-order valence-corrected chi connectivity index (χ2v) is 9.63. The minimum atomic E-state index is -0.822. The smallest absolute Gasteiger partial charge is 0.296 e. The number of benzene rings is 2. The van der Waals surface area contributed by atoms with Gasteiger partial charge in [0.1, 0.15) is 0 Å². The number of rotatable bonds is 6. The quantitative estimate of drug-likeness (QED) is 0.330. The number of Topliss-reactive ketones (excluding diaryl/α,β-unsaturated/α-hetero) is 1. The summed E-state index contributed by atoms with van der Waals surface area (Å²) in [6, 6.07) is 16.1. The molecule has 7 heteroatoms. The number of fused-ring (bicyclic) bond motifs is 1. The lowest BCUT2D eigenvalue weighted by Gasteiger charge is -2.24. The molecule has 2 aromatic carbocycles. The molecule has 4 aromatic rings. The highest BCUT2D eigenvalue weighted by Gasteiger charge is 2.46. The molecule has 1 aliphatic rings. The standard InChI is InChI=1S/C27H24N2O4S/c1-4-16-7-12-19-21(14-16)34-27(28-19)29-23(18-10-8-17(9-11-18)15(2)3)22(25(31)26(29)32)24(30)20-6-5-13-33-20/h5-15,23,31H,4H2,1-3H3/t23-/m0/s1. The van der Waals surface area contributed by atoms with E-state index in [1.807, 2.05) is 36.4 Å². The Morgan fingerprint density at radius 2 is 1.94 bits per heavy atom. The van der Waals surface area contributed by atoms with Gasteiger partial charge in [-0.3, -0.25) is 14.5 Å². The third-order valence-corrected chi connectivity index (χ3v) is 7.19. The Labute approximate surface area is 201 Å². The second-order valence-electron chi connectivity index (χ2n) is 8.62. The van der Waals surface area contributed by atoms with Gasteiger partial charge >= 0.3 is 0 Å². The summed E-state index contributed by atoms with van der Waals surface area (Å²) in [5.41, 5.74) is 3.78. The number of amides is 1. The van der Waals surface area contributed by atoms with Crippen molar-refractivity contribution in [3.63, 3.8) is 0 Å². The lowest BCUT2D eigenvalue weighted by molar-refractivity contribution is -0.117. The number of hydrogen-bond donors (Lipinski definition) is 1. The van der Waals surface area contributed by atoms with Crippen LogP contribution in [0.5, 0.6) is 0 Å². The van der Waals surface area contributed by atoms with Crippen molar-refractivity contribution in [1.82, 2.24) is 4.98 Å². The molecule has 1 aliphatic heterocycles. The summed E-state index contributed by atoms with van der Waals surface area (Å²) in [6.07, 6.45) is 2.28. The number of aryl methyl sites for hydroxylation is 1. The first-order valence-electron chi connectivity index (χ1n) is 11.2.